The van der Waals surface area contributed by atoms with Gasteiger partial charge in [-0.05, 0) is 0 Å². The van der Waals surface area contributed by atoms with Crippen LogP contribution in [-0.2, 0) is 14.5 Å². The van der Waals surface area contributed by atoms with E-state index in [0.29, 0.717) is 5.06 Å². The number of amides is 2. The van der Waals surface area contributed by atoms with Crippen molar-refractivity contribution in [1.82, 2.24) is 5.06 Å². The number of nitrogens with two attached hydrogens (primary N) is 1. The Labute approximate surface area is 51.3 Å². The molecular formula is C4H6N2O3. The van der Waals surface area contributed by atoms with Gasteiger partial charge in [0.2, 0.25) is 0 Å². The van der Waals surface area contributed by atoms with Crippen LogP contribution in [0, 0.1) is 0 Å². The van der Waals surface area contributed by atoms with Gasteiger partial charge in [0.25, 0.3) is 11.8 Å². The van der Waals surface area contributed by atoms with Gasteiger partial charge >= 0.3 is 0 Å². The van der Waals surface area contributed by atoms with Crippen molar-refractivity contribution in [2.45, 2.75) is 12.8 Å². The van der Waals surface area contributed by atoms with Crippen LogP contribution >= 0.6 is 0 Å². The monoisotopic (exact) mass is 130 g/mol. The molecule has 1 saturated heterocycles. The van der Waals surface area contributed by atoms with Crippen LogP contribution in [-0.4, -0.2) is 16.9 Å². The maximum atomic E-state index is 10.5. The highest BCUT2D eigenvalue weighted by molar-refractivity contribution is 6.00. The summed E-state index contributed by atoms with van der Waals surface area (Å²) in [6.45, 7) is 0. The average Bonchev–Trinajstić information content (AvgIpc) is 2.12. The van der Waals surface area contributed by atoms with Gasteiger partial charge in [-0.1, -0.05) is 0 Å². The minimum absolute atomic E-state index is 0.204. The SMILES string of the molecule is NON1C(=O)CCC1=O. The molecule has 1 aliphatic heterocycles. The molecule has 2 amide bonds. The summed E-state index contributed by atoms with van der Waals surface area (Å²) in [5.41, 5.74) is 0. The zero-order valence-corrected chi connectivity index (χ0v) is 4.66. The van der Waals surface area contributed by atoms with Crippen LogP contribution in [0.2, 0.25) is 0 Å². The van der Waals surface area contributed by atoms with Crippen molar-refractivity contribution in [3.05, 3.63) is 0 Å². The van der Waals surface area contributed by atoms with E-state index in [1.807, 2.05) is 0 Å². The number of nitrogens with zero attached hydrogens (tertiary/aromatic N) is 1. The van der Waals surface area contributed by atoms with E-state index in [-0.39, 0.29) is 24.7 Å². The Bertz CT molecular complexity index is 140. The molecule has 1 aliphatic rings. The van der Waals surface area contributed by atoms with E-state index in [9.17, 15) is 9.59 Å². The second-order valence-electron chi connectivity index (χ2n) is 1.69. The maximum absolute atomic E-state index is 10.5. The van der Waals surface area contributed by atoms with E-state index < -0.39 is 0 Å². The number of imide groups is 1. The summed E-state index contributed by atoms with van der Waals surface area (Å²) in [5.74, 6) is 3.85. The first-order valence-corrected chi connectivity index (χ1v) is 2.48. The fraction of sp³-hybridized carbons (Fsp3) is 0.500. The lowest BCUT2D eigenvalue weighted by Crippen LogP contribution is -2.31. The Morgan fingerprint density at radius 3 is 2.00 bits per heavy atom. The summed E-state index contributed by atoms with van der Waals surface area (Å²) in [6, 6.07) is 0. The first-order chi connectivity index (χ1) is 4.25. The molecule has 0 bridgehead atoms. The molecule has 0 aromatic heterocycles. The van der Waals surface area contributed by atoms with Gasteiger partial charge in [-0.25, -0.2) is 0 Å². The first kappa shape index (κ1) is 6.18. The lowest BCUT2D eigenvalue weighted by molar-refractivity contribution is -0.188. The molecule has 0 saturated carbocycles. The second kappa shape index (κ2) is 2.12. The molecule has 0 spiro atoms. The van der Waals surface area contributed by atoms with Crippen LogP contribution in [0.15, 0.2) is 0 Å². The highest BCUT2D eigenvalue weighted by Gasteiger charge is 2.29. The zero-order valence-electron chi connectivity index (χ0n) is 4.66. The zero-order chi connectivity index (χ0) is 6.85. The van der Waals surface area contributed by atoms with E-state index >= 15 is 0 Å². The van der Waals surface area contributed by atoms with Crippen molar-refractivity contribution >= 4 is 11.8 Å². The van der Waals surface area contributed by atoms with E-state index in [2.05, 4.69) is 10.8 Å². The maximum Gasteiger partial charge on any atom is 0.255 e. The Hall–Kier alpha value is -0.940. The number of hydroxylamine groups is 2. The van der Waals surface area contributed by atoms with Gasteiger partial charge in [0.05, 0.1) is 0 Å². The molecule has 50 valence electrons. The van der Waals surface area contributed by atoms with E-state index in [1.54, 1.807) is 0 Å². The molecule has 5 nitrogen and oxygen atoms in total. The van der Waals surface area contributed by atoms with Crippen LogP contribution in [0.1, 0.15) is 12.8 Å². The molecule has 2 N–H and O–H groups in total. The fourth-order valence-corrected chi connectivity index (χ4v) is 0.674. The topological polar surface area (TPSA) is 72.6 Å². The van der Waals surface area contributed by atoms with Crippen LogP contribution < -0.4 is 5.90 Å². The van der Waals surface area contributed by atoms with Crippen molar-refractivity contribution < 1.29 is 14.5 Å². The number of hydrogen-bond acceptors (Lipinski definition) is 4. The highest BCUT2D eigenvalue weighted by Crippen LogP contribution is 2.09. The van der Waals surface area contributed by atoms with Crippen LogP contribution in [0.25, 0.3) is 0 Å². The van der Waals surface area contributed by atoms with Crippen molar-refractivity contribution in [2.24, 2.45) is 5.90 Å². The molecule has 9 heavy (non-hydrogen) atoms. The molecule has 0 unspecified atom stereocenters. The van der Waals surface area contributed by atoms with Crippen molar-refractivity contribution in [1.29, 1.82) is 0 Å². The Kier molecular flexibility index (Phi) is 1.46. The number of carbonyl (C=O) groups excluding carboxylic acids is 2. The molecule has 1 heterocycles. The summed E-state index contributed by atoms with van der Waals surface area (Å²) in [7, 11) is 0. The summed E-state index contributed by atoms with van der Waals surface area (Å²) < 4.78 is 0. The minimum Gasteiger partial charge on any atom is -0.272 e. The molecule has 0 aliphatic carbocycles. The van der Waals surface area contributed by atoms with Crippen molar-refractivity contribution in [3.63, 3.8) is 0 Å². The largest absolute Gasteiger partial charge is 0.272 e. The molecule has 0 aromatic rings. The Morgan fingerprint density at radius 2 is 1.78 bits per heavy atom. The third-order valence-corrected chi connectivity index (χ3v) is 1.11. The lowest BCUT2D eigenvalue weighted by Gasteiger charge is -2.05. The minimum atomic E-state index is -0.373. The molecule has 1 rings (SSSR count). The number of rotatable bonds is 1. The van der Waals surface area contributed by atoms with Crippen LogP contribution in [0.3, 0.4) is 0 Å². The van der Waals surface area contributed by atoms with E-state index in [4.69, 9.17) is 0 Å². The van der Waals surface area contributed by atoms with E-state index in [1.165, 1.54) is 0 Å². The number of carbonyl (C=O) groups is 2. The van der Waals surface area contributed by atoms with Gasteiger partial charge in [0.15, 0.2) is 0 Å². The van der Waals surface area contributed by atoms with Gasteiger partial charge in [-0.15, -0.1) is 5.06 Å². The molecule has 1 fully saturated rings. The van der Waals surface area contributed by atoms with Gasteiger partial charge in [-0.3, -0.25) is 9.59 Å². The Morgan fingerprint density at radius 1 is 1.33 bits per heavy atom. The predicted molar refractivity (Wildman–Crippen MR) is 26.4 cm³/mol. The van der Waals surface area contributed by atoms with Gasteiger partial charge < -0.3 is 0 Å². The average molecular weight is 130 g/mol. The summed E-state index contributed by atoms with van der Waals surface area (Å²) in [6.07, 6.45) is 0.409. The van der Waals surface area contributed by atoms with Gasteiger partial charge in [0.1, 0.15) is 0 Å². The van der Waals surface area contributed by atoms with Crippen molar-refractivity contribution in [3.8, 4) is 0 Å². The first-order valence-electron chi connectivity index (χ1n) is 2.48. The van der Waals surface area contributed by atoms with Crippen LogP contribution in [0.4, 0.5) is 0 Å². The second-order valence-corrected chi connectivity index (χ2v) is 1.69. The molecule has 0 radical (unpaired) electrons. The Balaban J connectivity index is 2.66. The third kappa shape index (κ3) is 0.914. The van der Waals surface area contributed by atoms with Crippen molar-refractivity contribution in [2.75, 3.05) is 0 Å². The summed E-state index contributed by atoms with van der Waals surface area (Å²) in [5, 5.41) is 0.569. The fourth-order valence-electron chi connectivity index (χ4n) is 0.674. The van der Waals surface area contributed by atoms with Gasteiger partial charge in [0, 0.05) is 12.8 Å². The van der Waals surface area contributed by atoms with Crippen LogP contribution in [0.5, 0.6) is 0 Å². The quantitative estimate of drug-likeness (QED) is 0.362. The summed E-state index contributed by atoms with van der Waals surface area (Å²) >= 11 is 0. The molecule has 0 aromatic carbocycles. The molecule has 5 heteroatoms. The van der Waals surface area contributed by atoms with Gasteiger partial charge in [-0.2, -0.15) is 10.8 Å². The summed E-state index contributed by atoms with van der Waals surface area (Å²) in [4.78, 5) is 25.0. The number of hydrogen-bond donors (Lipinski definition) is 1. The third-order valence-electron chi connectivity index (χ3n) is 1.11. The smallest absolute Gasteiger partial charge is 0.255 e. The van der Waals surface area contributed by atoms with E-state index in [0.717, 1.165) is 0 Å². The normalized spacial score (nSPS) is 19.4. The lowest BCUT2D eigenvalue weighted by atomic mass is 10.4. The predicted octanol–water partition coefficient (Wildman–Crippen LogP) is -1.06. The highest BCUT2D eigenvalue weighted by atomic mass is 16.8. The molecular weight excluding hydrogens is 124 g/mol. The molecule has 0 atom stereocenters. The standard InChI is InChI=1S/C4H6N2O3/c5-9-6-3(7)1-2-4(6)8/h1-2,5H2.